The zero-order valence-electron chi connectivity index (χ0n) is 26.2. The monoisotopic (exact) mass is 710 g/mol. The SMILES string of the molecule is C=Nc1ccc(Nc2nc(Nc3cc(-c4cnn(C)c4)c(N4CCOCC4)cc3OC)ncc2Br)c(N(C)S(C)(=O)=O)c1N=CC. The number of rotatable bonds is 11. The molecule has 0 amide bonds. The number of aromatic nitrogens is 4. The van der Waals surface area contributed by atoms with E-state index in [-0.39, 0.29) is 11.6 Å². The molecular formula is C30H35BrN10O4S. The molecule has 5 rings (SSSR count). The molecule has 2 aromatic heterocycles. The van der Waals surface area contributed by atoms with Crippen LogP contribution in [0.15, 0.2) is 57.3 Å². The van der Waals surface area contributed by atoms with Crippen molar-refractivity contribution in [2.24, 2.45) is 17.0 Å². The molecular weight excluding hydrogens is 676 g/mol. The first kappa shape index (κ1) is 32.8. The van der Waals surface area contributed by atoms with E-state index in [1.165, 1.54) is 7.05 Å². The summed E-state index contributed by atoms with van der Waals surface area (Å²) in [7, 11) is 1.27. The fourth-order valence-corrected chi connectivity index (χ4v) is 5.80. The number of hydrogen-bond donors (Lipinski definition) is 2. The van der Waals surface area contributed by atoms with E-state index < -0.39 is 10.0 Å². The smallest absolute Gasteiger partial charge is 0.232 e. The molecule has 3 heterocycles. The van der Waals surface area contributed by atoms with Crippen LogP contribution in [0.5, 0.6) is 5.75 Å². The molecule has 0 spiro atoms. The molecule has 2 N–H and O–H groups in total. The third-order valence-corrected chi connectivity index (χ3v) is 9.06. The Labute approximate surface area is 276 Å². The Bertz CT molecular complexity index is 1890. The number of ether oxygens (including phenoxy) is 2. The molecule has 14 nitrogen and oxygen atoms in total. The Morgan fingerprint density at radius 3 is 2.57 bits per heavy atom. The highest BCUT2D eigenvalue weighted by Crippen LogP contribution is 2.45. The van der Waals surface area contributed by atoms with Crippen LogP contribution in [0.25, 0.3) is 11.1 Å². The Morgan fingerprint density at radius 2 is 1.93 bits per heavy atom. The lowest BCUT2D eigenvalue weighted by Gasteiger charge is -2.31. The molecule has 0 saturated carbocycles. The fourth-order valence-electron chi connectivity index (χ4n) is 4.99. The van der Waals surface area contributed by atoms with Gasteiger partial charge in [0.1, 0.15) is 22.9 Å². The second-order valence-electron chi connectivity index (χ2n) is 10.3. The number of nitrogens with one attached hydrogen (secondary N) is 2. The van der Waals surface area contributed by atoms with Crippen molar-refractivity contribution in [2.75, 3.05) is 66.6 Å². The lowest BCUT2D eigenvalue weighted by molar-refractivity contribution is 0.122. The van der Waals surface area contributed by atoms with Gasteiger partial charge in [-0.1, -0.05) is 0 Å². The Kier molecular flexibility index (Phi) is 9.88. The zero-order chi connectivity index (χ0) is 33.0. The Hall–Kier alpha value is -4.54. The van der Waals surface area contributed by atoms with Gasteiger partial charge in [0.05, 0.1) is 54.3 Å². The predicted octanol–water partition coefficient (Wildman–Crippen LogP) is 5.42. The summed E-state index contributed by atoms with van der Waals surface area (Å²) >= 11 is 3.52. The maximum Gasteiger partial charge on any atom is 0.232 e. The van der Waals surface area contributed by atoms with Crippen LogP contribution in [0, 0.1) is 0 Å². The summed E-state index contributed by atoms with van der Waals surface area (Å²) in [5.41, 5.74) is 5.03. The number of morpholine rings is 1. The summed E-state index contributed by atoms with van der Waals surface area (Å²) in [6.45, 7) is 8.12. The largest absolute Gasteiger partial charge is 0.494 e. The second-order valence-corrected chi connectivity index (χ2v) is 13.2. The number of nitrogens with zero attached hydrogens (tertiary/aromatic N) is 8. The van der Waals surface area contributed by atoms with Gasteiger partial charge < -0.3 is 25.0 Å². The van der Waals surface area contributed by atoms with Gasteiger partial charge in [0.25, 0.3) is 0 Å². The van der Waals surface area contributed by atoms with Crippen molar-refractivity contribution in [3.8, 4) is 16.9 Å². The first-order valence-electron chi connectivity index (χ1n) is 14.2. The Balaban J connectivity index is 1.56. The number of methoxy groups -OCH3 is 1. The first-order valence-corrected chi connectivity index (χ1v) is 16.8. The van der Waals surface area contributed by atoms with Gasteiger partial charge in [0.2, 0.25) is 16.0 Å². The molecule has 16 heteroatoms. The van der Waals surface area contributed by atoms with Crippen molar-refractivity contribution in [3.05, 3.63) is 47.3 Å². The highest BCUT2D eigenvalue weighted by Gasteiger charge is 2.24. The van der Waals surface area contributed by atoms with Crippen LogP contribution >= 0.6 is 15.9 Å². The van der Waals surface area contributed by atoms with Crippen molar-refractivity contribution < 1.29 is 17.9 Å². The maximum absolute atomic E-state index is 12.7. The highest BCUT2D eigenvalue weighted by atomic mass is 79.9. The normalized spacial score (nSPS) is 13.6. The second kappa shape index (κ2) is 13.8. The van der Waals surface area contributed by atoms with Crippen LogP contribution in [-0.2, 0) is 21.8 Å². The van der Waals surface area contributed by atoms with E-state index in [0.29, 0.717) is 52.0 Å². The topological polar surface area (TPSA) is 151 Å². The average Bonchev–Trinajstić information content (AvgIpc) is 3.48. The van der Waals surface area contributed by atoms with Crippen LogP contribution in [-0.4, -0.2) is 87.8 Å². The van der Waals surface area contributed by atoms with E-state index in [2.05, 4.69) is 58.2 Å². The maximum atomic E-state index is 12.7. The van der Waals surface area contributed by atoms with E-state index in [4.69, 9.17) is 14.5 Å². The van der Waals surface area contributed by atoms with Gasteiger partial charge in [0, 0.05) is 68.7 Å². The van der Waals surface area contributed by atoms with Crippen molar-refractivity contribution in [3.63, 3.8) is 0 Å². The third-order valence-electron chi connectivity index (χ3n) is 7.30. The summed E-state index contributed by atoms with van der Waals surface area (Å²) in [5.74, 6) is 1.25. The van der Waals surface area contributed by atoms with Crippen LogP contribution in [0.4, 0.5) is 45.9 Å². The van der Waals surface area contributed by atoms with Gasteiger partial charge in [-0.05, 0) is 47.8 Å². The summed E-state index contributed by atoms with van der Waals surface area (Å²) in [5, 5.41) is 10.9. The molecule has 4 aromatic rings. The molecule has 0 atom stereocenters. The van der Waals surface area contributed by atoms with Gasteiger partial charge in [-0.25, -0.2) is 13.4 Å². The molecule has 0 radical (unpaired) electrons. The first-order chi connectivity index (χ1) is 22.0. The van der Waals surface area contributed by atoms with Gasteiger partial charge in [-0.3, -0.25) is 19.0 Å². The van der Waals surface area contributed by atoms with Gasteiger partial charge in [-0.2, -0.15) is 10.1 Å². The van der Waals surface area contributed by atoms with Crippen molar-refractivity contribution in [2.45, 2.75) is 6.92 Å². The fraction of sp³-hybridized carbons (Fsp3) is 0.300. The number of anilines is 6. The average molecular weight is 712 g/mol. The van der Waals surface area contributed by atoms with Crippen molar-refractivity contribution >= 4 is 84.8 Å². The standard InChI is InChI=1S/C30H35BrN10O4S/c1-7-33-27-22(32-2)8-9-23(28(27)40(4)46(6,42)43)36-29-21(31)17-34-30(38-29)37-24-14-20(19-16-35-39(3)18-19)25(15-26(24)44-5)41-10-12-45-13-11-41/h7-9,14-18H,2,10-13H2,1,3-6H3,(H2,34,36,37,38). The van der Waals surface area contributed by atoms with Crippen LogP contribution in [0.3, 0.4) is 0 Å². The van der Waals surface area contributed by atoms with E-state index in [9.17, 15) is 8.42 Å². The molecule has 46 heavy (non-hydrogen) atoms. The third kappa shape index (κ3) is 6.98. The number of sulfonamides is 1. The molecule has 0 bridgehead atoms. The van der Waals surface area contributed by atoms with E-state index in [0.717, 1.165) is 40.5 Å². The van der Waals surface area contributed by atoms with Crippen LogP contribution in [0.1, 0.15) is 6.92 Å². The zero-order valence-corrected chi connectivity index (χ0v) is 28.6. The minimum Gasteiger partial charge on any atom is -0.494 e. The van der Waals surface area contributed by atoms with E-state index in [1.807, 2.05) is 31.6 Å². The molecule has 1 aliphatic heterocycles. The van der Waals surface area contributed by atoms with Crippen LogP contribution in [0.2, 0.25) is 0 Å². The van der Waals surface area contributed by atoms with Crippen molar-refractivity contribution in [1.82, 2.24) is 19.7 Å². The minimum atomic E-state index is -3.67. The van der Waals surface area contributed by atoms with Gasteiger partial charge in [0.15, 0.2) is 0 Å². The molecule has 242 valence electrons. The summed E-state index contributed by atoms with van der Waals surface area (Å²) < 4.78 is 40.2. The van der Waals surface area contributed by atoms with Gasteiger partial charge in [-0.15, -0.1) is 0 Å². The number of hydrogen-bond acceptors (Lipinski definition) is 12. The summed E-state index contributed by atoms with van der Waals surface area (Å²) in [6.07, 6.45) is 8.06. The quantitative estimate of drug-likeness (QED) is 0.193. The number of aryl methyl sites for hydroxylation is 1. The number of benzene rings is 2. The molecule has 2 aromatic carbocycles. The van der Waals surface area contributed by atoms with Crippen LogP contribution < -0.4 is 24.6 Å². The van der Waals surface area contributed by atoms with Gasteiger partial charge >= 0.3 is 0 Å². The summed E-state index contributed by atoms with van der Waals surface area (Å²) in [4.78, 5) is 19.9. The number of aliphatic imine (C=N–C) groups is 2. The highest BCUT2D eigenvalue weighted by molar-refractivity contribution is 9.10. The van der Waals surface area contributed by atoms with E-state index >= 15 is 0 Å². The Morgan fingerprint density at radius 1 is 1.17 bits per heavy atom. The molecule has 1 saturated heterocycles. The lowest BCUT2D eigenvalue weighted by Crippen LogP contribution is -2.36. The molecule has 1 fully saturated rings. The molecule has 0 aliphatic carbocycles. The minimum absolute atomic E-state index is 0.273. The summed E-state index contributed by atoms with van der Waals surface area (Å²) in [6, 6.07) is 7.39. The van der Waals surface area contributed by atoms with E-state index in [1.54, 1.807) is 43.3 Å². The lowest BCUT2D eigenvalue weighted by atomic mass is 10.0. The predicted molar refractivity (Wildman–Crippen MR) is 187 cm³/mol. The number of halogens is 1. The molecule has 1 aliphatic rings. The van der Waals surface area contributed by atoms with Crippen molar-refractivity contribution in [1.29, 1.82) is 0 Å². The molecule has 0 unspecified atom stereocenters.